The van der Waals surface area contributed by atoms with Gasteiger partial charge in [-0.05, 0) is 48.3 Å². The monoisotopic (exact) mass is 350 g/mol. The van der Waals surface area contributed by atoms with E-state index >= 15 is 0 Å². The number of hydrogen-bond acceptors (Lipinski definition) is 3. The van der Waals surface area contributed by atoms with Crippen LogP contribution in [-0.2, 0) is 4.79 Å². The van der Waals surface area contributed by atoms with E-state index in [4.69, 9.17) is 0 Å². The van der Waals surface area contributed by atoms with E-state index in [9.17, 15) is 4.79 Å². The number of amides is 1. The van der Waals surface area contributed by atoms with Crippen LogP contribution in [0.4, 0.5) is 0 Å². The number of carbonyl (C=O) groups is 1. The number of nitrogens with one attached hydrogen (secondary N) is 2. The lowest BCUT2D eigenvalue weighted by Gasteiger charge is -2.30. The third kappa shape index (κ3) is 4.87. The van der Waals surface area contributed by atoms with Gasteiger partial charge in [-0.25, -0.2) is 0 Å². The zero-order chi connectivity index (χ0) is 15.4. The summed E-state index contributed by atoms with van der Waals surface area (Å²) in [5.41, 5.74) is 0. The van der Waals surface area contributed by atoms with Crippen molar-refractivity contribution in [1.82, 2.24) is 10.6 Å². The highest BCUT2D eigenvalue weighted by molar-refractivity contribution is 8.00. The van der Waals surface area contributed by atoms with Gasteiger partial charge in [0.1, 0.15) is 0 Å². The quantitative estimate of drug-likeness (QED) is 0.829. The van der Waals surface area contributed by atoms with E-state index in [1.165, 1.54) is 10.8 Å². The van der Waals surface area contributed by atoms with E-state index in [1.54, 1.807) is 11.8 Å². The van der Waals surface area contributed by atoms with Gasteiger partial charge >= 0.3 is 0 Å². The van der Waals surface area contributed by atoms with Gasteiger partial charge in [-0.15, -0.1) is 24.2 Å². The molecule has 2 atom stereocenters. The van der Waals surface area contributed by atoms with E-state index in [0.29, 0.717) is 17.7 Å². The Labute approximate surface area is 148 Å². The molecule has 2 aromatic rings. The summed E-state index contributed by atoms with van der Waals surface area (Å²) in [5.74, 6) is 1.12. The molecule has 1 fully saturated rings. The first-order chi connectivity index (χ1) is 10.7. The molecule has 1 aliphatic rings. The zero-order valence-corrected chi connectivity index (χ0v) is 14.9. The van der Waals surface area contributed by atoms with Crippen molar-refractivity contribution in [2.45, 2.75) is 24.3 Å². The van der Waals surface area contributed by atoms with Crippen molar-refractivity contribution in [3.05, 3.63) is 42.5 Å². The number of fused-ring (bicyclic) bond motifs is 1. The Kier molecular flexibility index (Phi) is 6.75. The maximum atomic E-state index is 12.1. The average molecular weight is 351 g/mol. The molecule has 0 spiro atoms. The van der Waals surface area contributed by atoms with Crippen LogP contribution in [0.15, 0.2) is 47.4 Å². The lowest BCUT2D eigenvalue weighted by atomic mass is 9.95. The fourth-order valence-corrected chi connectivity index (χ4v) is 3.64. The number of rotatable bonds is 4. The van der Waals surface area contributed by atoms with E-state index in [2.05, 4.69) is 47.9 Å². The SMILES string of the molecule is CC1CNCCC1NC(=O)CSc1ccc2ccccc2c1.Cl. The van der Waals surface area contributed by atoms with Crippen LogP contribution in [0.5, 0.6) is 0 Å². The molecular formula is C18H23ClN2OS. The van der Waals surface area contributed by atoms with E-state index in [-0.39, 0.29) is 18.3 Å². The molecule has 3 rings (SSSR count). The normalized spacial score (nSPS) is 20.7. The summed E-state index contributed by atoms with van der Waals surface area (Å²) >= 11 is 1.61. The molecule has 1 aliphatic heterocycles. The molecular weight excluding hydrogens is 328 g/mol. The second kappa shape index (κ2) is 8.57. The van der Waals surface area contributed by atoms with Crippen LogP contribution >= 0.6 is 24.2 Å². The minimum absolute atomic E-state index is 0. The Bertz CT molecular complexity index is 664. The standard InChI is InChI=1S/C18H22N2OS.ClH/c1-13-11-19-9-8-17(13)20-18(21)12-22-16-7-6-14-4-2-3-5-15(14)10-16;/h2-7,10,13,17,19H,8-9,11-12H2,1H3,(H,20,21);1H. The first-order valence-electron chi connectivity index (χ1n) is 7.84. The summed E-state index contributed by atoms with van der Waals surface area (Å²) in [6.07, 6.45) is 1.02. The molecule has 2 unspecified atom stereocenters. The number of halogens is 1. The fourth-order valence-electron chi connectivity index (χ4n) is 2.88. The highest BCUT2D eigenvalue weighted by Crippen LogP contribution is 2.23. The van der Waals surface area contributed by atoms with Gasteiger partial charge in [0.05, 0.1) is 5.75 Å². The maximum Gasteiger partial charge on any atom is 0.230 e. The first kappa shape index (κ1) is 18.1. The van der Waals surface area contributed by atoms with Gasteiger partial charge in [-0.1, -0.05) is 37.3 Å². The Morgan fingerprint density at radius 3 is 2.83 bits per heavy atom. The fraction of sp³-hybridized carbons (Fsp3) is 0.389. The van der Waals surface area contributed by atoms with Gasteiger partial charge in [-0.3, -0.25) is 4.79 Å². The summed E-state index contributed by atoms with van der Waals surface area (Å²) < 4.78 is 0. The highest BCUT2D eigenvalue weighted by Gasteiger charge is 2.22. The van der Waals surface area contributed by atoms with E-state index in [0.717, 1.165) is 24.4 Å². The lowest BCUT2D eigenvalue weighted by molar-refractivity contribution is -0.119. The molecule has 0 aliphatic carbocycles. The van der Waals surface area contributed by atoms with Crippen molar-refractivity contribution in [2.75, 3.05) is 18.8 Å². The third-order valence-corrected chi connectivity index (χ3v) is 5.22. The van der Waals surface area contributed by atoms with Crippen LogP contribution in [0.25, 0.3) is 10.8 Å². The number of piperidine rings is 1. The van der Waals surface area contributed by atoms with Crippen molar-refractivity contribution < 1.29 is 4.79 Å². The topological polar surface area (TPSA) is 41.1 Å². The number of thioether (sulfide) groups is 1. The molecule has 1 heterocycles. The molecule has 124 valence electrons. The molecule has 5 heteroatoms. The summed E-state index contributed by atoms with van der Waals surface area (Å²) in [5, 5.41) is 8.99. The van der Waals surface area contributed by atoms with Crippen LogP contribution in [0.2, 0.25) is 0 Å². The number of benzene rings is 2. The Balaban J connectivity index is 0.00000192. The maximum absolute atomic E-state index is 12.1. The molecule has 2 N–H and O–H groups in total. The molecule has 0 saturated carbocycles. The Morgan fingerprint density at radius 1 is 1.26 bits per heavy atom. The van der Waals surface area contributed by atoms with Crippen molar-refractivity contribution in [3.63, 3.8) is 0 Å². The van der Waals surface area contributed by atoms with Crippen LogP contribution in [0.1, 0.15) is 13.3 Å². The van der Waals surface area contributed by atoms with Gasteiger partial charge < -0.3 is 10.6 Å². The zero-order valence-electron chi connectivity index (χ0n) is 13.2. The van der Waals surface area contributed by atoms with Crippen LogP contribution in [-0.4, -0.2) is 30.8 Å². The summed E-state index contributed by atoms with van der Waals surface area (Å²) in [7, 11) is 0. The Morgan fingerprint density at radius 2 is 2.04 bits per heavy atom. The molecule has 23 heavy (non-hydrogen) atoms. The predicted octanol–water partition coefficient (Wildman–Crippen LogP) is 3.47. The highest BCUT2D eigenvalue weighted by atomic mass is 35.5. The van der Waals surface area contributed by atoms with Crippen molar-refractivity contribution in [2.24, 2.45) is 5.92 Å². The minimum Gasteiger partial charge on any atom is -0.352 e. The Hall–Kier alpha value is -1.23. The van der Waals surface area contributed by atoms with Crippen LogP contribution in [0.3, 0.4) is 0 Å². The first-order valence-corrected chi connectivity index (χ1v) is 8.82. The van der Waals surface area contributed by atoms with Gasteiger partial charge in [-0.2, -0.15) is 0 Å². The van der Waals surface area contributed by atoms with Crippen molar-refractivity contribution in [3.8, 4) is 0 Å². The molecule has 2 aromatic carbocycles. The number of carbonyl (C=O) groups excluding carboxylic acids is 1. The van der Waals surface area contributed by atoms with Gasteiger partial charge in [0.15, 0.2) is 0 Å². The van der Waals surface area contributed by atoms with Gasteiger partial charge in [0.2, 0.25) is 5.91 Å². The number of hydrogen-bond donors (Lipinski definition) is 2. The van der Waals surface area contributed by atoms with Crippen LogP contribution in [0, 0.1) is 5.92 Å². The molecule has 3 nitrogen and oxygen atoms in total. The third-order valence-electron chi connectivity index (χ3n) is 4.22. The molecule has 1 saturated heterocycles. The molecule has 1 amide bonds. The van der Waals surface area contributed by atoms with Crippen molar-refractivity contribution in [1.29, 1.82) is 0 Å². The van der Waals surface area contributed by atoms with Gasteiger partial charge in [0.25, 0.3) is 0 Å². The molecule has 0 radical (unpaired) electrons. The summed E-state index contributed by atoms with van der Waals surface area (Å²) in [6, 6.07) is 15.0. The molecule has 0 aromatic heterocycles. The van der Waals surface area contributed by atoms with Crippen molar-refractivity contribution >= 4 is 40.8 Å². The lowest BCUT2D eigenvalue weighted by Crippen LogP contribution is -2.48. The smallest absolute Gasteiger partial charge is 0.230 e. The average Bonchev–Trinajstić information content (AvgIpc) is 2.55. The molecule has 0 bridgehead atoms. The van der Waals surface area contributed by atoms with Crippen LogP contribution < -0.4 is 10.6 Å². The van der Waals surface area contributed by atoms with E-state index in [1.807, 2.05) is 12.1 Å². The largest absolute Gasteiger partial charge is 0.352 e. The minimum atomic E-state index is 0. The van der Waals surface area contributed by atoms with Gasteiger partial charge in [0, 0.05) is 10.9 Å². The predicted molar refractivity (Wildman–Crippen MR) is 101 cm³/mol. The summed E-state index contributed by atoms with van der Waals surface area (Å²) in [4.78, 5) is 13.3. The van der Waals surface area contributed by atoms with E-state index < -0.39 is 0 Å². The second-order valence-electron chi connectivity index (χ2n) is 5.94. The second-order valence-corrected chi connectivity index (χ2v) is 6.99. The summed E-state index contributed by atoms with van der Waals surface area (Å²) in [6.45, 7) is 4.17.